The van der Waals surface area contributed by atoms with Crippen molar-refractivity contribution in [2.75, 3.05) is 17.7 Å². The first-order chi connectivity index (χ1) is 8.96. The number of hydrogen-bond donors (Lipinski definition) is 3. The van der Waals surface area contributed by atoms with Crippen molar-refractivity contribution >= 4 is 11.6 Å². The number of pyridine rings is 1. The Kier molecular flexibility index (Phi) is 3.89. The fraction of sp³-hybridized carbons (Fsp3) is 0.615. The third-order valence-corrected chi connectivity index (χ3v) is 3.87. The van der Waals surface area contributed by atoms with Gasteiger partial charge in [0.05, 0.1) is 12.1 Å². The van der Waals surface area contributed by atoms with Gasteiger partial charge < -0.3 is 16.2 Å². The second kappa shape index (κ2) is 5.28. The summed E-state index contributed by atoms with van der Waals surface area (Å²) in [4.78, 5) is 3.68. The molecule has 0 spiro atoms. The smallest absolute Gasteiger partial charge is 0.168 e. The van der Waals surface area contributed by atoms with Crippen molar-refractivity contribution < 1.29 is 13.9 Å². The van der Waals surface area contributed by atoms with Crippen molar-refractivity contribution in [3.63, 3.8) is 0 Å². The summed E-state index contributed by atoms with van der Waals surface area (Å²) in [5, 5.41) is 12.5. The number of nitrogens with two attached hydrogens (primary N) is 1. The van der Waals surface area contributed by atoms with Gasteiger partial charge in [0.25, 0.3) is 0 Å². The number of aromatic nitrogens is 1. The summed E-state index contributed by atoms with van der Waals surface area (Å²) in [6.07, 6.45) is 3.35. The molecule has 1 aliphatic carbocycles. The summed E-state index contributed by atoms with van der Waals surface area (Å²) in [5.41, 5.74) is 4.75. The lowest BCUT2D eigenvalue weighted by atomic mass is 9.77. The van der Waals surface area contributed by atoms with Gasteiger partial charge in [-0.25, -0.2) is 13.8 Å². The zero-order valence-electron chi connectivity index (χ0n) is 10.9. The van der Waals surface area contributed by atoms with Gasteiger partial charge in [0, 0.05) is 6.07 Å². The lowest BCUT2D eigenvalue weighted by Crippen LogP contribution is -2.45. The molecule has 1 fully saturated rings. The third-order valence-electron chi connectivity index (χ3n) is 3.87. The van der Waals surface area contributed by atoms with Crippen LogP contribution in [0.5, 0.6) is 0 Å². The molecule has 1 aromatic heterocycles. The molecule has 4 nitrogen and oxygen atoms in total. The van der Waals surface area contributed by atoms with Crippen LogP contribution in [0.25, 0.3) is 0 Å². The van der Waals surface area contributed by atoms with E-state index >= 15 is 0 Å². The van der Waals surface area contributed by atoms with Crippen LogP contribution < -0.4 is 11.1 Å². The molecule has 1 saturated carbocycles. The second-order valence-electron chi connectivity index (χ2n) is 5.43. The molecule has 0 radical (unpaired) electrons. The molecule has 2 rings (SSSR count). The van der Waals surface area contributed by atoms with E-state index in [1.807, 2.05) is 0 Å². The number of aliphatic hydroxyl groups is 1. The third kappa shape index (κ3) is 2.94. The van der Waals surface area contributed by atoms with Crippen molar-refractivity contribution in [1.82, 2.24) is 4.98 Å². The van der Waals surface area contributed by atoms with Gasteiger partial charge in [0.2, 0.25) is 0 Å². The number of hydrogen-bond acceptors (Lipinski definition) is 4. The molecule has 0 aliphatic heterocycles. The molecule has 0 unspecified atom stereocenters. The standard InChI is InChI=1S/C13H19F2N3O/c1-8-2-4-13(7-19,5-3-8)18-12-10(15)6-9(14)11(16)17-12/h6,8,19H,2-5,7H2,1H3,(H3,16,17,18). The van der Waals surface area contributed by atoms with Crippen LogP contribution in [0.1, 0.15) is 32.6 Å². The van der Waals surface area contributed by atoms with Crippen molar-refractivity contribution in [2.45, 2.75) is 38.1 Å². The second-order valence-corrected chi connectivity index (χ2v) is 5.43. The first kappa shape index (κ1) is 14.0. The van der Waals surface area contributed by atoms with Crippen molar-refractivity contribution in [3.8, 4) is 0 Å². The quantitative estimate of drug-likeness (QED) is 0.789. The van der Waals surface area contributed by atoms with Gasteiger partial charge in [0.1, 0.15) is 0 Å². The Hall–Kier alpha value is -1.43. The number of nitrogens with zero attached hydrogens (tertiary/aromatic N) is 1. The molecule has 6 heteroatoms. The summed E-state index contributed by atoms with van der Waals surface area (Å²) in [6, 6.07) is 0.710. The zero-order chi connectivity index (χ0) is 14.0. The summed E-state index contributed by atoms with van der Waals surface area (Å²) < 4.78 is 26.7. The Bertz CT molecular complexity index is 459. The van der Waals surface area contributed by atoms with E-state index in [-0.39, 0.29) is 18.2 Å². The van der Waals surface area contributed by atoms with Crippen molar-refractivity contribution in [1.29, 1.82) is 0 Å². The minimum atomic E-state index is -0.877. The first-order valence-electron chi connectivity index (χ1n) is 6.46. The van der Waals surface area contributed by atoms with Gasteiger partial charge in [-0.15, -0.1) is 0 Å². The SMILES string of the molecule is CC1CCC(CO)(Nc2nc(N)c(F)cc2F)CC1. The topological polar surface area (TPSA) is 71.2 Å². The van der Waals surface area contributed by atoms with Crippen LogP contribution in [-0.2, 0) is 0 Å². The van der Waals surface area contributed by atoms with E-state index in [4.69, 9.17) is 5.73 Å². The monoisotopic (exact) mass is 271 g/mol. The number of aliphatic hydroxyl groups excluding tert-OH is 1. The number of nitrogen functional groups attached to an aromatic ring is 1. The first-order valence-corrected chi connectivity index (χ1v) is 6.46. The molecule has 4 N–H and O–H groups in total. The van der Waals surface area contributed by atoms with Gasteiger partial charge in [-0.2, -0.15) is 0 Å². The van der Waals surface area contributed by atoms with E-state index in [0.717, 1.165) is 25.7 Å². The Labute approximate surface area is 111 Å². The minimum absolute atomic E-state index is 0.0949. The molecule has 0 atom stereocenters. The Morgan fingerprint density at radius 1 is 1.42 bits per heavy atom. The van der Waals surface area contributed by atoms with E-state index in [2.05, 4.69) is 17.2 Å². The molecule has 1 heterocycles. The minimum Gasteiger partial charge on any atom is -0.394 e. The molecular formula is C13H19F2N3O. The summed E-state index contributed by atoms with van der Waals surface area (Å²) in [7, 11) is 0. The van der Waals surface area contributed by atoms with Crippen LogP contribution in [-0.4, -0.2) is 22.2 Å². The summed E-state index contributed by atoms with van der Waals surface area (Å²) in [6.45, 7) is 2.04. The number of anilines is 2. The lowest BCUT2D eigenvalue weighted by Gasteiger charge is -2.39. The molecule has 1 aromatic rings. The Morgan fingerprint density at radius 2 is 2.05 bits per heavy atom. The van der Waals surface area contributed by atoms with E-state index < -0.39 is 17.2 Å². The van der Waals surface area contributed by atoms with Gasteiger partial charge in [-0.05, 0) is 31.6 Å². The van der Waals surface area contributed by atoms with Crippen LogP contribution in [0.3, 0.4) is 0 Å². The van der Waals surface area contributed by atoms with Crippen LogP contribution in [0.2, 0.25) is 0 Å². The average molecular weight is 271 g/mol. The molecule has 19 heavy (non-hydrogen) atoms. The highest BCUT2D eigenvalue weighted by atomic mass is 19.1. The van der Waals surface area contributed by atoms with Gasteiger partial charge in [0.15, 0.2) is 23.3 Å². The van der Waals surface area contributed by atoms with Gasteiger partial charge in [-0.3, -0.25) is 0 Å². The van der Waals surface area contributed by atoms with Gasteiger partial charge >= 0.3 is 0 Å². The highest BCUT2D eigenvalue weighted by Crippen LogP contribution is 2.34. The summed E-state index contributed by atoms with van der Waals surface area (Å²) >= 11 is 0. The molecule has 0 aromatic carbocycles. The highest BCUT2D eigenvalue weighted by Gasteiger charge is 2.34. The maximum Gasteiger partial charge on any atom is 0.168 e. The van der Waals surface area contributed by atoms with E-state index in [1.54, 1.807) is 0 Å². The van der Waals surface area contributed by atoms with Crippen molar-refractivity contribution in [3.05, 3.63) is 17.7 Å². The Balaban J connectivity index is 2.21. The summed E-state index contributed by atoms with van der Waals surface area (Å²) in [5.74, 6) is -1.52. The fourth-order valence-electron chi connectivity index (χ4n) is 2.46. The molecule has 0 amide bonds. The van der Waals surface area contributed by atoms with E-state index in [9.17, 15) is 13.9 Å². The zero-order valence-corrected chi connectivity index (χ0v) is 10.9. The van der Waals surface area contributed by atoms with E-state index in [0.29, 0.717) is 12.0 Å². The number of rotatable bonds is 3. The molecule has 0 bridgehead atoms. The predicted molar refractivity (Wildman–Crippen MR) is 69.6 cm³/mol. The normalized spacial score (nSPS) is 27.3. The molecular weight excluding hydrogens is 252 g/mol. The largest absolute Gasteiger partial charge is 0.394 e. The number of halogens is 2. The van der Waals surface area contributed by atoms with E-state index in [1.165, 1.54) is 0 Å². The maximum absolute atomic E-state index is 13.7. The van der Waals surface area contributed by atoms with Crippen molar-refractivity contribution in [2.24, 2.45) is 5.92 Å². The average Bonchev–Trinajstić information content (AvgIpc) is 2.39. The highest BCUT2D eigenvalue weighted by molar-refractivity contribution is 5.46. The molecule has 1 aliphatic rings. The Morgan fingerprint density at radius 3 is 2.63 bits per heavy atom. The van der Waals surface area contributed by atoms with Crippen LogP contribution in [0, 0.1) is 17.6 Å². The molecule has 106 valence electrons. The predicted octanol–water partition coefficient (Wildman–Crippen LogP) is 2.30. The lowest BCUT2D eigenvalue weighted by molar-refractivity contribution is 0.154. The maximum atomic E-state index is 13.7. The molecule has 0 saturated heterocycles. The van der Waals surface area contributed by atoms with Crippen LogP contribution >= 0.6 is 0 Å². The van der Waals surface area contributed by atoms with Gasteiger partial charge in [-0.1, -0.05) is 6.92 Å². The number of nitrogens with one attached hydrogen (secondary N) is 1. The van der Waals surface area contributed by atoms with Crippen LogP contribution in [0.4, 0.5) is 20.4 Å². The van der Waals surface area contributed by atoms with Crippen LogP contribution in [0.15, 0.2) is 6.07 Å². The fourth-order valence-corrected chi connectivity index (χ4v) is 2.46.